The minimum atomic E-state index is -1.36. The van der Waals surface area contributed by atoms with Gasteiger partial charge < -0.3 is 24.3 Å². The van der Waals surface area contributed by atoms with Gasteiger partial charge in [0.25, 0.3) is 5.91 Å². The Morgan fingerprint density at radius 1 is 0.900 bits per heavy atom. The first-order valence-electron chi connectivity index (χ1n) is 12.8. The van der Waals surface area contributed by atoms with Crippen LogP contribution in [0, 0.1) is 0 Å². The van der Waals surface area contributed by atoms with Gasteiger partial charge in [-0.3, -0.25) is 10.1 Å². The molecular weight excluding hydrogens is 512 g/mol. The van der Waals surface area contributed by atoms with Crippen molar-refractivity contribution in [2.45, 2.75) is 31.6 Å². The number of fused-ring (bicyclic) bond motifs is 3. The van der Waals surface area contributed by atoms with Crippen LogP contribution in [0.3, 0.4) is 0 Å². The lowest BCUT2D eigenvalue weighted by Gasteiger charge is -2.21. The molecule has 9 heteroatoms. The Morgan fingerprint density at radius 2 is 1.52 bits per heavy atom. The van der Waals surface area contributed by atoms with Gasteiger partial charge in [0.15, 0.2) is 6.04 Å². The molecule has 3 aromatic carbocycles. The van der Waals surface area contributed by atoms with Crippen LogP contribution in [0.2, 0.25) is 0 Å². The number of rotatable bonds is 10. The smallest absolute Gasteiger partial charge is 0.411 e. The fourth-order valence-corrected chi connectivity index (χ4v) is 4.81. The predicted molar refractivity (Wildman–Crippen MR) is 147 cm³/mol. The minimum Gasteiger partial charge on any atom is -0.480 e. The van der Waals surface area contributed by atoms with Crippen LogP contribution in [-0.4, -0.2) is 41.8 Å². The van der Waals surface area contributed by atoms with Gasteiger partial charge in [-0.15, -0.1) is 0 Å². The van der Waals surface area contributed by atoms with E-state index < -0.39 is 30.1 Å². The number of carbonyl (C=O) groups is 3. The largest absolute Gasteiger partial charge is 0.480 e. The summed E-state index contributed by atoms with van der Waals surface area (Å²) in [5.41, 5.74) is 5.28. The molecule has 0 aliphatic heterocycles. The van der Waals surface area contributed by atoms with Gasteiger partial charge in [0.2, 0.25) is 5.76 Å². The van der Waals surface area contributed by atoms with E-state index in [-0.39, 0.29) is 30.6 Å². The molecule has 5 rings (SSSR count). The third-order valence-electron chi connectivity index (χ3n) is 6.83. The number of hydrogen-bond acceptors (Lipinski definition) is 6. The highest BCUT2D eigenvalue weighted by Crippen LogP contribution is 2.44. The molecule has 1 aliphatic carbocycles. The number of carboxylic acids is 1. The number of carbonyl (C=O) groups excluding carboxylic acids is 2. The van der Waals surface area contributed by atoms with Crippen molar-refractivity contribution in [1.29, 1.82) is 0 Å². The summed E-state index contributed by atoms with van der Waals surface area (Å²) < 4.78 is 16.5. The molecule has 2 amide bonds. The zero-order valence-corrected chi connectivity index (χ0v) is 21.7. The Labute approximate surface area is 230 Å². The Bertz CT molecular complexity index is 1470. The molecule has 40 heavy (non-hydrogen) atoms. The molecule has 204 valence electrons. The van der Waals surface area contributed by atoms with Crippen LogP contribution in [0.4, 0.5) is 10.5 Å². The standard InChI is InChI=1S/C31H28N2O7/c1-19(39-17-20-9-3-2-4-10-20)27(30(35)36)33-29(34)28-26(15-16-38-28)32-31(37)40-18-25-23-13-7-5-11-21(23)22-12-6-8-14-24(22)25/h2-16,19,25,27H,17-18H2,1H3,(H,32,37)(H,33,34)(H,35,36). The number of furan rings is 1. The zero-order valence-electron chi connectivity index (χ0n) is 21.7. The molecule has 1 aliphatic rings. The predicted octanol–water partition coefficient (Wildman–Crippen LogP) is 5.43. The Kier molecular flexibility index (Phi) is 7.93. The van der Waals surface area contributed by atoms with Crippen molar-refractivity contribution in [1.82, 2.24) is 5.32 Å². The van der Waals surface area contributed by atoms with E-state index in [1.54, 1.807) is 6.92 Å². The van der Waals surface area contributed by atoms with Crippen molar-refractivity contribution >= 4 is 23.7 Å². The first-order valence-corrected chi connectivity index (χ1v) is 12.8. The van der Waals surface area contributed by atoms with Crippen LogP contribution in [0.5, 0.6) is 0 Å². The van der Waals surface area contributed by atoms with Gasteiger partial charge in [-0.05, 0) is 34.7 Å². The number of ether oxygens (including phenoxy) is 2. The fraction of sp³-hybridized carbons (Fsp3) is 0.194. The number of benzene rings is 3. The number of hydrogen-bond donors (Lipinski definition) is 3. The van der Waals surface area contributed by atoms with Crippen LogP contribution in [0.1, 0.15) is 40.1 Å². The molecule has 4 aromatic rings. The molecular formula is C31H28N2O7. The number of amides is 2. The molecule has 0 spiro atoms. The molecule has 2 atom stereocenters. The maximum Gasteiger partial charge on any atom is 0.411 e. The van der Waals surface area contributed by atoms with E-state index in [0.29, 0.717) is 0 Å². The van der Waals surface area contributed by atoms with Crippen LogP contribution >= 0.6 is 0 Å². The summed E-state index contributed by atoms with van der Waals surface area (Å²) in [5.74, 6) is -2.47. The molecule has 0 radical (unpaired) electrons. The van der Waals surface area contributed by atoms with Crippen LogP contribution < -0.4 is 10.6 Å². The second kappa shape index (κ2) is 11.9. The van der Waals surface area contributed by atoms with Crippen molar-refractivity contribution in [3.8, 4) is 11.1 Å². The van der Waals surface area contributed by atoms with Crippen molar-refractivity contribution in [2.24, 2.45) is 0 Å². The highest BCUT2D eigenvalue weighted by atomic mass is 16.5. The van der Waals surface area contributed by atoms with E-state index >= 15 is 0 Å². The average Bonchev–Trinajstić information content (AvgIpc) is 3.56. The van der Waals surface area contributed by atoms with E-state index in [9.17, 15) is 19.5 Å². The minimum absolute atomic E-state index is 0.0525. The molecule has 0 saturated heterocycles. The van der Waals surface area contributed by atoms with Crippen molar-refractivity contribution in [3.63, 3.8) is 0 Å². The highest BCUT2D eigenvalue weighted by molar-refractivity contribution is 6.01. The molecule has 3 N–H and O–H groups in total. The number of aliphatic carboxylic acids is 1. The maximum absolute atomic E-state index is 12.9. The summed E-state index contributed by atoms with van der Waals surface area (Å²) in [7, 11) is 0. The fourth-order valence-electron chi connectivity index (χ4n) is 4.81. The third kappa shape index (κ3) is 5.74. The number of anilines is 1. The topological polar surface area (TPSA) is 127 Å². The number of nitrogens with one attached hydrogen (secondary N) is 2. The quantitative estimate of drug-likeness (QED) is 0.245. The van der Waals surface area contributed by atoms with Crippen molar-refractivity contribution < 1.29 is 33.4 Å². The van der Waals surface area contributed by atoms with E-state index in [0.717, 1.165) is 27.8 Å². The van der Waals surface area contributed by atoms with Gasteiger partial charge in [-0.1, -0.05) is 78.9 Å². The first-order chi connectivity index (χ1) is 19.4. The summed E-state index contributed by atoms with van der Waals surface area (Å²) >= 11 is 0. The number of carboxylic acid groups (broad SMARTS) is 1. The van der Waals surface area contributed by atoms with Crippen molar-refractivity contribution in [3.05, 3.63) is 114 Å². The Hall–Kier alpha value is -4.89. The summed E-state index contributed by atoms with van der Waals surface area (Å²) in [6, 6.07) is 25.3. The molecule has 0 saturated carbocycles. The highest BCUT2D eigenvalue weighted by Gasteiger charge is 2.31. The summed E-state index contributed by atoms with van der Waals surface area (Å²) in [5, 5.41) is 14.6. The lowest BCUT2D eigenvalue weighted by atomic mass is 9.98. The van der Waals surface area contributed by atoms with E-state index in [4.69, 9.17) is 13.9 Å². The van der Waals surface area contributed by atoms with E-state index in [1.807, 2.05) is 78.9 Å². The van der Waals surface area contributed by atoms with Crippen molar-refractivity contribution in [2.75, 3.05) is 11.9 Å². The second-order valence-corrected chi connectivity index (χ2v) is 9.41. The average molecular weight is 541 g/mol. The monoisotopic (exact) mass is 540 g/mol. The van der Waals surface area contributed by atoms with Gasteiger partial charge in [0.1, 0.15) is 6.61 Å². The summed E-state index contributed by atoms with van der Waals surface area (Å²) in [6.07, 6.45) is -0.402. The van der Waals surface area contributed by atoms with Crippen LogP contribution in [-0.2, 0) is 20.9 Å². The van der Waals surface area contributed by atoms with Gasteiger partial charge in [0.05, 0.1) is 24.7 Å². The molecule has 1 heterocycles. The summed E-state index contributed by atoms with van der Waals surface area (Å²) in [6.45, 7) is 1.83. The van der Waals surface area contributed by atoms with Gasteiger partial charge in [-0.2, -0.15) is 0 Å². The van der Waals surface area contributed by atoms with E-state index in [1.165, 1.54) is 12.3 Å². The zero-order chi connectivity index (χ0) is 28.1. The SMILES string of the molecule is CC(OCc1ccccc1)C(NC(=O)c1occc1NC(=O)OCC1c2ccccc2-c2ccccc21)C(=O)O. The molecule has 9 nitrogen and oxygen atoms in total. The maximum atomic E-state index is 12.9. The van der Waals surface area contributed by atoms with Crippen LogP contribution in [0.15, 0.2) is 95.6 Å². The Morgan fingerprint density at radius 3 is 2.17 bits per heavy atom. The summed E-state index contributed by atoms with van der Waals surface area (Å²) in [4.78, 5) is 37.5. The normalized spacial score (nSPS) is 13.5. The van der Waals surface area contributed by atoms with Gasteiger partial charge in [-0.25, -0.2) is 9.59 Å². The van der Waals surface area contributed by atoms with Gasteiger partial charge >= 0.3 is 12.1 Å². The lowest BCUT2D eigenvalue weighted by Crippen LogP contribution is -2.48. The van der Waals surface area contributed by atoms with E-state index in [2.05, 4.69) is 10.6 Å². The molecule has 0 bridgehead atoms. The second-order valence-electron chi connectivity index (χ2n) is 9.41. The molecule has 0 fully saturated rings. The molecule has 1 aromatic heterocycles. The van der Waals surface area contributed by atoms with Gasteiger partial charge in [0, 0.05) is 12.0 Å². The molecule has 2 unspecified atom stereocenters. The third-order valence-corrected chi connectivity index (χ3v) is 6.83. The lowest BCUT2D eigenvalue weighted by molar-refractivity contribution is -0.143. The Balaban J connectivity index is 1.20. The first kappa shape index (κ1) is 26.7. The van der Waals surface area contributed by atoms with Crippen LogP contribution in [0.25, 0.3) is 11.1 Å².